The minimum atomic E-state index is -0.0810. The lowest BCUT2D eigenvalue weighted by molar-refractivity contribution is 0.0942. The standard InChI is InChI=1S/C11H19N3O/c1-4-9(5-2)6-12-11(15)10-7-14(3)8-13-10/h7-9H,4-6H2,1-3H3,(H,12,15). The fraction of sp³-hybridized carbons (Fsp3) is 0.636. The zero-order chi connectivity index (χ0) is 11.3. The van der Waals surface area contributed by atoms with Gasteiger partial charge >= 0.3 is 0 Å². The maximum absolute atomic E-state index is 11.6. The number of imidazole rings is 1. The molecule has 0 unspecified atom stereocenters. The number of hydrogen-bond acceptors (Lipinski definition) is 2. The van der Waals surface area contributed by atoms with E-state index in [4.69, 9.17) is 0 Å². The molecule has 0 fully saturated rings. The highest BCUT2D eigenvalue weighted by Gasteiger charge is 2.10. The Kier molecular flexibility index (Phi) is 4.34. The molecule has 1 rings (SSSR count). The molecule has 0 atom stereocenters. The summed E-state index contributed by atoms with van der Waals surface area (Å²) in [5.74, 6) is 0.486. The van der Waals surface area contributed by atoms with Crippen molar-refractivity contribution < 1.29 is 4.79 Å². The number of rotatable bonds is 5. The number of aryl methyl sites for hydroxylation is 1. The summed E-state index contributed by atoms with van der Waals surface area (Å²) in [4.78, 5) is 15.6. The van der Waals surface area contributed by atoms with E-state index in [2.05, 4.69) is 24.1 Å². The van der Waals surface area contributed by atoms with Crippen LogP contribution in [-0.4, -0.2) is 22.0 Å². The number of carbonyl (C=O) groups excluding carboxylic acids is 1. The second kappa shape index (κ2) is 5.53. The van der Waals surface area contributed by atoms with E-state index in [0.717, 1.165) is 19.4 Å². The second-order valence-corrected chi connectivity index (χ2v) is 3.82. The molecular formula is C11H19N3O. The van der Waals surface area contributed by atoms with E-state index in [1.165, 1.54) is 0 Å². The first kappa shape index (κ1) is 11.8. The Bertz CT molecular complexity index is 315. The molecule has 1 aromatic rings. The third-order valence-electron chi connectivity index (χ3n) is 2.64. The van der Waals surface area contributed by atoms with Gasteiger partial charge in [-0.3, -0.25) is 4.79 Å². The van der Waals surface area contributed by atoms with Crippen molar-refractivity contribution in [2.75, 3.05) is 6.54 Å². The number of aromatic nitrogens is 2. The topological polar surface area (TPSA) is 46.9 Å². The molecule has 4 nitrogen and oxygen atoms in total. The fourth-order valence-electron chi connectivity index (χ4n) is 1.44. The van der Waals surface area contributed by atoms with Crippen LogP contribution in [0.3, 0.4) is 0 Å². The fourth-order valence-corrected chi connectivity index (χ4v) is 1.44. The molecule has 0 saturated carbocycles. The van der Waals surface area contributed by atoms with Crippen molar-refractivity contribution in [3.8, 4) is 0 Å². The molecule has 0 aromatic carbocycles. The van der Waals surface area contributed by atoms with Crippen LogP contribution in [0, 0.1) is 5.92 Å². The average Bonchev–Trinajstić information content (AvgIpc) is 2.66. The van der Waals surface area contributed by atoms with Crippen LogP contribution < -0.4 is 5.32 Å². The van der Waals surface area contributed by atoms with Gasteiger partial charge in [-0.05, 0) is 5.92 Å². The van der Waals surface area contributed by atoms with Gasteiger partial charge in [-0.15, -0.1) is 0 Å². The highest BCUT2D eigenvalue weighted by molar-refractivity contribution is 5.91. The number of carbonyl (C=O) groups is 1. The van der Waals surface area contributed by atoms with E-state index < -0.39 is 0 Å². The minimum Gasteiger partial charge on any atom is -0.350 e. The second-order valence-electron chi connectivity index (χ2n) is 3.82. The molecular weight excluding hydrogens is 190 g/mol. The summed E-state index contributed by atoms with van der Waals surface area (Å²) in [5, 5.41) is 2.90. The highest BCUT2D eigenvalue weighted by atomic mass is 16.1. The predicted octanol–water partition coefficient (Wildman–Crippen LogP) is 1.59. The highest BCUT2D eigenvalue weighted by Crippen LogP contribution is 2.05. The van der Waals surface area contributed by atoms with Gasteiger partial charge in [0.05, 0.1) is 6.33 Å². The van der Waals surface area contributed by atoms with Crippen molar-refractivity contribution in [1.82, 2.24) is 14.9 Å². The molecule has 1 heterocycles. The summed E-state index contributed by atoms with van der Waals surface area (Å²) in [7, 11) is 1.85. The first-order chi connectivity index (χ1) is 7.17. The van der Waals surface area contributed by atoms with E-state index in [0.29, 0.717) is 11.6 Å². The molecule has 84 valence electrons. The van der Waals surface area contributed by atoms with Gasteiger partial charge in [0, 0.05) is 19.8 Å². The lowest BCUT2D eigenvalue weighted by Gasteiger charge is -2.12. The summed E-state index contributed by atoms with van der Waals surface area (Å²) in [6.07, 6.45) is 5.55. The predicted molar refractivity (Wildman–Crippen MR) is 59.6 cm³/mol. The Morgan fingerprint density at radius 1 is 1.53 bits per heavy atom. The summed E-state index contributed by atoms with van der Waals surface area (Å²) in [6, 6.07) is 0. The van der Waals surface area contributed by atoms with E-state index in [1.807, 2.05) is 7.05 Å². The zero-order valence-electron chi connectivity index (χ0n) is 9.66. The molecule has 0 spiro atoms. The molecule has 1 aromatic heterocycles. The van der Waals surface area contributed by atoms with Crippen LogP contribution in [0.25, 0.3) is 0 Å². The van der Waals surface area contributed by atoms with Crippen molar-refractivity contribution in [1.29, 1.82) is 0 Å². The number of nitrogens with zero attached hydrogens (tertiary/aromatic N) is 2. The SMILES string of the molecule is CCC(CC)CNC(=O)c1cn(C)cn1. The maximum Gasteiger partial charge on any atom is 0.271 e. The molecule has 0 aliphatic heterocycles. The first-order valence-electron chi connectivity index (χ1n) is 5.43. The van der Waals surface area contributed by atoms with Gasteiger partial charge in [0.15, 0.2) is 0 Å². The normalized spacial score (nSPS) is 10.7. The van der Waals surface area contributed by atoms with Gasteiger partial charge in [-0.1, -0.05) is 26.7 Å². The molecule has 4 heteroatoms. The molecule has 0 bridgehead atoms. The Morgan fingerprint density at radius 2 is 2.20 bits per heavy atom. The van der Waals surface area contributed by atoms with Gasteiger partial charge < -0.3 is 9.88 Å². The van der Waals surface area contributed by atoms with E-state index in [-0.39, 0.29) is 5.91 Å². The Hall–Kier alpha value is -1.32. The molecule has 15 heavy (non-hydrogen) atoms. The van der Waals surface area contributed by atoms with Gasteiger partial charge in [0.1, 0.15) is 5.69 Å². The lowest BCUT2D eigenvalue weighted by atomic mass is 10.0. The van der Waals surface area contributed by atoms with Crippen LogP contribution in [-0.2, 0) is 7.05 Å². The van der Waals surface area contributed by atoms with Gasteiger partial charge in [0.25, 0.3) is 5.91 Å². The average molecular weight is 209 g/mol. The zero-order valence-corrected chi connectivity index (χ0v) is 9.66. The first-order valence-corrected chi connectivity index (χ1v) is 5.43. The summed E-state index contributed by atoms with van der Waals surface area (Å²) in [6.45, 7) is 5.02. The molecule has 0 saturated heterocycles. The Balaban J connectivity index is 2.42. The van der Waals surface area contributed by atoms with Gasteiger partial charge in [0.2, 0.25) is 0 Å². The summed E-state index contributed by atoms with van der Waals surface area (Å²) < 4.78 is 1.77. The molecule has 0 radical (unpaired) electrons. The van der Waals surface area contributed by atoms with Crippen molar-refractivity contribution in [2.45, 2.75) is 26.7 Å². The number of amides is 1. The molecule has 0 aliphatic carbocycles. The third-order valence-corrected chi connectivity index (χ3v) is 2.64. The monoisotopic (exact) mass is 209 g/mol. The van der Waals surface area contributed by atoms with Crippen molar-refractivity contribution in [2.24, 2.45) is 13.0 Å². The van der Waals surface area contributed by atoms with Gasteiger partial charge in [-0.2, -0.15) is 0 Å². The van der Waals surface area contributed by atoms with Crippen LogP contribution in [0.15, 0.2) is 12.5 Å². The number of hydrogen-bond donors (Lipinski definition) is 1. The Labute approximate surface area is 90.7 Å². The van der Waals surface area contributed by atoms with Gasteiger partial charge in [-0.25, -0.2) is 4.98 Å². The smallest absolute Gasteiger partial charge is 0.271 e. The minimum absolute atomic E-state index is 0.0810. The van der Waals surface area contributed by atoms with E-state index in [1.54, 1.807) is 17.1 Å². The van der Waals surface area contributed by atoms with Crippen molar-refractivity contribution in [3.05, 3.63) is 18.2 Å². The van der Waals surface area contributed by atoms with E-state index >= 15 is 0 Å². The maximum atomic E-state index is 11.6. The van der Waals surface area contributed by atoms with Crippen LogP contribution in [0.2, 0.25) is 0 Å². The van der Waals surface area contributed by atoms with Crippen molar-refractivity contribution in [3.63, 3.8) is 0 Å². The quantitative estimate of drug-likeness (QED) is 0.800. The lowest BCUT2D eigenvalue weighted by Crippen LogP contribution is -2.29. The van der Waals surface area contributed by atoms with Crippen molar-refractivity contribution >= 4 is 5.91 Å². The summed E-state index contributed by atoms with van der Waals surface area (Å²) in [5.41, 5.74) is 0.489. The van der Waals surface area contributed by atoms with E-state index in [9.17, 15) is 4.79 Å². The molecule has 1 amide bonds. The largest absolute Gasteiger partial charge is 0.350 e. The van der Waals surface area contributed by atoms with Crippen LogP contribution in [0.4, 0.5) is 0 Å². The molecule has 0 aliphatic rings. The molecule has 1 N–H and O–H groups in total. The van der Waals surface area contributed by atoms with Crippen LogP contribution >= 0.6 is 0 Å². The number of nitrogens with one attached hydrogen (secondary N) is 1. The third kappa shape index (κ3) is 3.38. The summed E-state index contributed by atoms with van der Waals surface area (Å²) >= 11 is 0. The van der Waals surface area contributed by atoms with Crippen LogP contribution in [0.5, 0.6) is 0 Å². The van der Waals surface area contributed by atoms with Crippen LogP contribution in [0.1, 0.15) is 37.2 Å². The Morgan fingerprint density at radius 3 is 2.67 bits per heavy atom.